The van der Waals surface area contributed by atoms with E-state index in [1.54, 1.807) is 0 Å². The van der Waals surface area contributed by atoms with E-state index in [0.717, 1.165) is 43.9 Å². The van der Waals surface area contributed by atoms with Gasteiger partial charge in [-0.25, -0.2) is 0 Å². The Morgan fingerprint density at radius 2 is 1.91 bits per heavy atom. The Morgan fingerprint density at radius 1 is 1.30 bits per heavy atom. The molecule has 0 bridgehead atoms. The smallest absolute Gasteiger partial charge is 0.317 e. The van der Waals surface area contributed by atoms with Crippen molar-refractivity contribution in [1.29, 1.82) is 0 Å². The fourth-order valence-electron chi connectivity index (χ4n) is 3.63. The minimum atomic E-state index is -0.734. The first kappa shape index (κ1) is 18.2. The number of halogens is 1. The molecule has 1 N–H and O–H groups in total. The summed E-state index contributed by atoms with van der Waals surface area (Å²) in [5.41, 5.74) is 1.31. The van der Waals surface area contributed by atoms with E-state index >= 15 is 0 Å². The van der Waals surface area contributed by atoms with Crippen molar-refractivity contribution in [2.24, 2.45) is 0 Å². The molecule has 0 amide bonds. The molecule has 1 aliphatic heterocycles. The van der Waals surface area contributed by atoms with Crippen LogP contribution in [-0.2, 0) is 4.79 Å². The number of hydrogen-bond donors (Lipinski definition) is 1. The first-order valence-electron chi connectivity index (χ1n) is 8.50. The van der Waals surface area contributed by atoms with Crippen molar-refractivity contribution in [3.63, 3.8) is 0 Å². The molecule has 1 heterocycles. The van der Waals surface area contributed by atoms with Gasteiger partial charge in [-0.15, -0.1) is 0 Å². The van der Waals surface area contributed by atoms with Gasteiger partial charge in [-0.3, -0.25) is 14.6 Å². The molecule has 1 atom stereocenters. The molecule has 0 saturated carbocycles. The third-order valence-electron chi connectivity index (χ3n) is 4.84. The molecule has 0 aliphatic carbocycles. The summed E-state index contributed by atoms with van der Waals surface area (Å²) in [5, 5.41) is 9.80. The van der Waals surface area contributed by atoms with Crippen LogP contribution in [0.3, 0.4) is 0 Å². The van der Waals surface area contributed by atoms with Crippen molar-refractivity contribution in [3.8, 4) is 0 Å². The Hall–Kier alpha value is -1.10. The summed E-state index contributed by atoms with van der Waals surface area (Å²) in [6, 6.07) is 8.95. The maximum atomic E-state index is 11.0. The predicted molar refractivity (Wildman–Crippen MR) is 94.0 cm³/mol. The van der Waals surface area contributed by atoms with Gasteiger partial charge in [-0.05, 0) is 43.5 Å². The second kappa shape index (κ2) is 8.67. The van der Waals surface area contributed by atoms with Crippen molar-refractivity contribution in [3.05, 3.63) is 34.9 Å². The Bertz CT molecular complexity index is 498. The van der Waals surface area contributed by atoms with Crippen LogP contribution in [-0.4, -0.2) is 53.1 Å². The molecule has 1 unspecified atom stereocenters. The highest BCUT2D eigenvalue weighted by Crippen LogP contribution is 2.29. The molecule has 0 radical (unpaired) electrons. The molecule has 0 spiro atoms. The predicted octanol–water partition coefficient (Wildman–Crippen LogP) is 3.66. The average molecular weight is 339 g/mol. The molecular weight excluding hydrogens is 312 g/mol. The molecule has 0 aromatic heterocycles. The minimum Gasteiger partial charge on any atom is -0.480 e. The number of aliphatic carboxylic acids is 1. The lowest BCUT2D eigenvalue weighted by Crippen LogP contribution is -2.47. The van der Waals surface area contributed by atoms with E-state index < -0.39 is 5.97 Å². The molecule has 4 nitrogen and oxygen atoms in total. The van der Waals surface area contributed by atoms with Gasteiger partial charge in [0.1, 0.15) is 0 Å². The highest BCUT2D eigenvalue weighted by molar-refractivity contribution is 6.30. The molecule has 1 saturated heterocycles. The first-order valence-corrected chi connectivity index (χ1v) is 8.88. The minimum absolute atomic E-state index is 0.148. The second-order valence-corrected chi connectivity index (χ2v) is 6.64. The summed E-state index contributed by atoms with van der Waals surface area (Å²) in [4.78, 5) is 15.6. The molecule has 128 valence electrons. The van der Waals surface area contributed by atoms with Gasteiger partial charge in [0.25, 0.3) is 0 Å². The van der Waals surface area contributed by atoms with Crippen molar-refractivity contribution in [1.82, 2.24) is 9.80 Å². The van der Waals surface area contributed by atoms with Gasteiger partial charge in [0, 0.05) is 30.2 Å². The van der Waals surface area contributed by atoms with E-state index in [1.807, 2.05) is 19.1 Å². The summed E-state index contributed by atoms with van der Waals surface area (Å²) < 4.78 is 0. The summed E-state index contributed by atoms with van der Waals surface area (Å²) in [6.07, 6.45) is 3.13. The highest BCUT2D eigenvalue weighted by atomic mass is 35.5. The Balaban J connectivity index is 1.96. The molecular formula is C18H27ClN2O2. The largest absolute Gasteiger partial charge is 0.480 e. The van der Waals surface area contributed by atoms with E-state index in [2.05, 4.69) is 28.9 Å². The van der Waals surface area contributed by atoms with E-state index in [1.165, 1.54) is 5.56 Å². The van der Waals surface area contributed by atoms with Gasteiger partial charge >= 0.3 is 5.97 Å². The number of benzene rings is 1. The third kappa shape index (κ3) is 4.93. The van der Waals surface area contributed by atoms with Crippen molar-refractivity contribution in [2.45, 2.75) is 45.2 Å². The lowest BCUT2D eigenvalue weighted by atomic mass is 9.97. The summed E-state index contributed by atoms with van der Waals surface area (Å²) >= 11 is 5.99. The molecule has 23 heavy (non-hydrogen) atoms. The Morgan fingerprint density at radius 3 is 2.39 bits per heavy atom. The maximum Gasteiger partial charge on any atom is 0.317 e. The standard InChI is InChI=1S/C18H27ClN2O2/c1-3-17(14-5-7-15(19)8-6-14)21-11-9-16(10-12-21)20(4-2)13-18(22)23/h5-8,16-17H,3-4,9-13H2,1-2H3,(H,22,23). The normalized spacial score (nSPS) is 18.3. The van der Waals surface area contributed by atoms with Crippen molar-refractivity contribution < 1.29 is 9.90 Å². The van der Waals surface area contributed by atoms with Crippen LogP contribution in [0.2, 0.25) is 5.02 Å². The monoisotopic (exact) mass is 338 g/mol. The Labute approximate surface area is 144 Å². The number of piperidine rings is 1. The fourth-order valence-corrected chi connectivity index (χ4v) is 3.75. The van der Waals surface area contributed by atoms with Gasteiger partial charge < -0.3 is 5.11 Å². The van der Waals surface area contributed by atoms with E-state index in [0.29, 0.717) is 12.1 Å². The first-order chi connectivity index (χ1) is 11.0. The van der Waals surface area contributed by atoms with Crippen LogP contribution in [0.15, 0.2) is 24.3 Å². The average Bonchev–Trinajstić information content (AvgIpc) is 2.55. The number of hydrogen-bond acceptors (Lipinski definition) is 3. The van der Waals surface area contributed by atoms with Gasteiger partial charge in [0.15, 0.2) is 0 Å². The zero-order valence-corrected chi connectivity index (χ0v) is 14.8. The number of rotatable bonds is 7. The highest BCUT2D eigenvalue weighted by Gasteiger charge is 2.28. The lowest BCUT2D eigenvalue weighted by molar-refractivity contribution is -0.139. The number of carboxylic acids is 1. The van der Waals surface area contributed by atoms with Crippen molar-refractivity contribution in [2.75, 3.05) is 26.2 Å². The van der Waals surface area contributed by atoms with Crippen LogP contribution in [0.25, 0.3) is 0 Å². The number of nitrogens with zero attached hydrogens (tertiary/aromatic N) is 2. The van der Waals surface area contributed by atoms with Crippen LogP contribution in [0.5, 0.6) is 0 Å². The van der Waals surface area contributed by atoms with Gasteiger partial charge in [-0.1, -0.05) is 37.6 Å². The van der Waals surface area contributed by atoms with Crippen LogP contribution in [0.1, 0.15) is 44.7 Å². The zero-order chi connectivity index (χ0) is 16.8. The van der Waals surface area contributed by atoms with Crippen LogP contribution >= 0.6 is 11.6 Å². The quantitative estimate of drug-likeness (QED) is 0.824. The summed E-state index contributed by atoms with van der Waals surface area (Å²) in [7, 11) is 0. The molecule has 1 aliphatic rings. The summed E-state index contributed by atoms with van der Waals surface area (Å²) in [6.45, 7) is 7.23. The molecule has 1 fully saturated rings. The topological polar surface area (TPSA) is 43.8 Å². The third-order valence-corrected chi connectivity index (χ3v) is 5.09. The zero-order valence-electron chi connectivity index (χ0n) is 14.0. The molecule has 1 aromatic carbocycles. The molecule has 2 rings (SSSR count). The number of carbonyl (C=O) groups is 1. The molecule has 5 heteroatoms. The maximum absolute atomic E-state index is 11.0. The van der Waals surface area contributed by atoms with Gasteiger partial charge in [-0.2, -0.15) is 0 Å². The number of carboxylic acid groups (broad SMARTS) is 1. The van der Waals surface area contributed by atoms with E-state index in [-0.39, 0.29) is 6.54 Å². The van der Waals surface area contributed by atoms with Crippen molar-refractivity contribution >= 4 is 17.6 Å². The number of likely N-dealkylation sites (tertiary alicyclic amines) is 1. The van der Waals surface area contributed by atoms with Gasteiger partial charge in [0.05, 0.1) is 6.54 Å². The molecule has 1 aromatic rings. The number of likely N-dealkylation sites (N-methyl/N-ethyl adjacent to an activating group) is 1. The van der Waals surface area contributed by atoms with Crippen LogP contribution in [0.4, 0.5) is 0 Å². The fraction of sp³-hybridized carbons (Fsp3) is 0.611. The van der Waals surface area contributed by atoms with Gasteiger partial charge in [0.2, 0.25) is 0 Å². The Kier molecular flexibility index (Phi) is 6.88. The summed E-state index contributed by atoms with van der Waals surface area (Å²) in [5.74, 6) is -0.734. The SMILES string of the molecule is CCC(c1ccc(Cl)cc1)N1CCC(N(CC)CC(=O)O)CC1. The second-order valence-electron chi connectivity index (χ2n) is 6.20. The van der Waals surface area contributed by atoms with Crippen LogP contribution in [0, 0.1) is 0 Å². The van der Waals surface area contributed by atoms with Crippen LogP contribution < -0.4 is 0 Å². The van der Waals surface area contributed by atoms with E-state index in [9.17, 15) is 4.79 Å². The van der Waals surface area contributed by atoms with E-state index in [4.69, 9.17) is 16.7 Å². The lowest BCUT2D eigenvalue weighted by Gasteiger charge is -2.41.